The highest BCUT2D eigenvalue weighted by atomic mass is 19.1. The smallest absolute Gasteiger partial charge is 0.142 e. The van der Waals surface area contributed by atoms with Gasteiger partial charge >= 0.3 is 0 Å². The van der Waals surface area contributed by atoms with E-state index in [1.54, 1.807) is 6.07 Å². The molecule has 0 spiro atoms. The van der Waals surface area contributed by atoms with Crippen LogP contribution in [0.1, 0.15) is 17.4 Å². The molecule has 0 aliphatic carbocycles. The minimum absolute atomic E-state index is 0.196. The van der Waals surface area contributed by atoms with Crippen LogP contribution in [0.5, 0.6) is 0 Å². The van der Waals surface area contributed by atoms with E-state index in [9.17, 15) is 9.50 Å². The fourth-order valence-electron chi connectivity index (χ4n) is 3.87. The van der Waals surface area contributed by atoms with Crippen LogP contribution in [0.4, 0.5) is 15.9 Å². The third-order valence-corrected chi connectivity index (χ3v) is 5.51. The zero-order chi connectivity index (χ0) is 22.1. The molecule has 1 fully saturated rings. The number of fused-ring (bicyclic) bond motifs is 1. The summed E-state index contributed by atoms with van der Waals surface area (Å²) >= 11 is 0. The number of hydrogen-bond acceptors (Lipinski definition) is 8. The van der Waals surface area contributed by atoms with Crippen molar-refractivity contribution >= 4 is 22.4 Å². The summed E-state index contributed by atoms with van der Waals surface area (Å²) in [6.45, 7) is 2.99. The Hall–Kier alpha value is -3.69. The number of anilines is 2. The summed E-state index contributed by atoms with van der Waals surface area (Å²) in [5, 5.41) is 11.5. The van der Waals surface area contributed by atoms with Gasteiger partial charge in [0.25, 0.3) is 0 Å². The average molecular weight is 432 g/mol. The lowest BCUT2D eigenvalue weighted by Gasteiger charge is -2.29. The Bertz CT molecular complexity index is 1280. The number of benzene rings is 2. The van der Waals surface area contributed by atoms with Crippen LogP contribution in [0, 0.1) is 5.82 Å². The molecule has 1 atom stereocenters. The summed E-state index contributed by atoms with van der Waals surface area (Å²) in [7, 11) is 0. The third kappa shape index (κ3) is 3.83. The largest absolute Gasteiger partial charge is 0.382 e. The van der Waals surface area contributed by atoms with Gasteiger partial charge in [0, 0.05) is 29.7 Å². The molecule has 32 heavy (non-hydrogen) atoms. The van der Waals surface area contributed by atoms with E-state index in [4.69, 9.17) is 10.5 Å². The standard InChI is InChI=1S/C23H21FN6O2/c24-18-4-1-14(23(31)20-11-26-12-21(25)29-20)9-17(18)22-16-3-2-15(10-19(16)27-13-28-22)30-5-7-32-8-6-30/h1-4,9-13,23,31H,5-8H2,(H2,25,29). The Morgan fingerprint density at radius 2 is 1.91 bits per heavy atom. The number of nitrogen functional groups attached to an aromatic ring is 1. The second-order valence-electron chi connectivity index (χ2n) is 7.53. The first-order valence-electron chi connectivity index (χ1n) is 10.2. The van der Waals surface area contributed by atoms with Crippen molar-refractivity contribution < 1.29 is 14.2 Å². The molecule has 9 heteroatoms. The number of rotatable bonds is 4. The molecule has 1 saturated heterocycles. The van der Waals surface area contributed by atoms with Gasteiger partial charge in [0.2, 0.25) is 0 Å². The molecule has 5 rings (SSSR count). The van der Waals surface area contributed by atoms with Crippen LogP contribution in [0.2, 0.25) is 0 Å². The number of aromatic nitrogens is 4. The van der Waals surface area contributed by atoms with E-state index in [-0.39, 0.29) is 17.1 Å². The molecule has 0 radical (unpaired) electrons. The van der Waals surface area contributed by atoms with E-state index in [1.807, 2.05) is 18.2 Å². The summed E-state index contributed by atoms with van der Waals surface area (Å²) in [6.07, 6.45) is 3.14. The van der Waals surface area contributed by atoms with Gasteiger partial charge in [-0.25, -0.2) is 19.3 Å². The van der Waals surface area contributed by atoms with Crippen molar-refractivity contribution in [2.24, 2.45) is 0 Å². The monoisotopic (exact) mass is 432 g/mol. The van der Waals surface area contributed by atoms with Crippen molar-refractivity contribution in [3.8, 4) is 11.3 Å². The van der Waals surface area contributed by atoms with Crippen molar-refractivity contribution in [1.29, 1.82) is 0 Å². The molecule has 1 aliphatic rings. The van der Waals surface area contributed by atoms with E-state index in [0.717, 1.165) is 24.2 Å². The molecular weight excluding hydrogens is 411 g/mol. The highest BCUT2D eigenvalue weighted by Crippen LogP contribution is 2.32. The summed E-state index contributed by atoms with van der Waals surface area (Å²) < 4.78 is 20.3. The van der Waals surface area contributed by atoms with Gasteiger partial charge in [0.05, 0.1) is 42.5 Å². The quantitative estimate of drug-likeness (QED) is 0.507. The maximum Gasteiger partial charge on any atom is 0.142 e. The van der Waals surface area contributed by atoms with Crippen LogP contribution < -0.4 is 10.6 Å². The zero-order valence-corrected chi connectivity index (χ0v) is 17.1. The van der Waals surface area contributed by atoms with Crippen LogP contribution in [-0.4, -0.2) is 51.3 Å². The number of nitrogens with two attached hydrogens (primary N) is 1. The highest BCUT2D eigenvalue weighted by Gasteiger charge is 2.19. The van der Waals surface area contributed by atoms with E-state index < -0.39 is 11.9 Å². The fraction of sp³-hybridized carbons (Fsp3) is 0.217. The van der Waals surface area contributed by atoms with Crippen LogP contribution in [0.25, 0.3) is 22.2 Å². The van der Waals surface area contributed by atoms with Gasteiger partial charge in [-0.1, -0.05) is 6.07 Å². The van der Waals surface area contributed by atoms with E-state index in [0.29, 0.717) is 30.0 Å². The normalized spacial score (nSPS) is 15.1. The Labute approximate surface area is 183 Å². The molecular formula is C23H21FN6O2. The van der Waals surface area contributed by atoms with Gasteiger partial charge in [-0.05, 0) is 35.9 Å². The molecule has 3 heterocycles. The molecule has 1 aliphatic heterocycles. The van der Waals surface area contributed by atoms with E-state index in [2.05, 4.69) is 24.8 Å². The summed E-state index contributed by atoms with van der Waals surface area (Å²) in [6, 6.07) is 10.3. The molecule has 2 aromatic heterocycles. The topological polar surface area (TPSA) is 110 Å². The van der Waals surface area contributed by atoms with Crippen molar-refractivity contribution in [2.45, 2.75) is 6.10 Å². The Balaban J connectivity index is 1.55. The first-order valence-corrected chi connectivity index (χ1v) is 10.2. The van der Waals surface area contributed by atoms with Crippen LogP contribution in [-0.2, 0) is 4.74 Å². The van der Waals surface area contributed by atoms with Gasteiger partial charge in [-0.15, -0.1) is 0 Å². The van der Waals surface area contributed by atoms with Crippen molar-refractivity contribution in [1.82, 2.24) is 19.9 Å². The second-order valence-corrected chi connectivity index (χ2v) is 7.53. The Morgan fingerprint density at radius 3 is 2.72 bits per heavy atom. The lowest BCUT2D eigenvalue weighted by atomic mass is 9.99. The molecule has 4 aromatic rings. The molecule has 8 nitrogen and oxygen atoms in total. The minimum atomic E-state index is -1.11. The first kappa shape index (κ1) is 20.2. The summed E-state index contributed by atoms with van der Waals surface area (Å²) in [5.74, 6) is -0.251. The maximum atomic E-state index is 14.9. The van der Waals surface area contributed by atoms with E-state index >= 15 is 0 Å². The van der Waals surface area contributed by atoms with Crippen molar-refractivity contribution in [3.63, 3.8) is 0 Å². The van der Waals surface area contributed by atoms with Gasteiger partial charge < -0.3 is 20.5 Å². The zero-order valence-electron chi connectivity index (χ0n) is 17.1. The molecule has 3 N–H and O–H groups in total. The van der Waals surface area contributed by atoms with Gasteiger partial charge in [-0.3, -0.25) is 4.98 Å². The molecule has 162 valence electrons. The van der Waals surface area contributed by atoms with Gasteiger partial charge in [0.15, 0.2) is 0 Å². The van der Waals surface area contributed by atoms with Crippen LogP contribution >= 0.6 is 0 Å². The second kappa shape index (κ2) is 8.45. The number of nitrogens with zero attached hydrogens (tertiary/aromatic N) is 5. The Kier molecular flexibility index (Phi) is 5.34. The Morgan fingerprint density at radius 1 is 1.06 bits per heavy atom. The molecule has 1 unspecified atom stereocenters. The number of halogens is 1. The number of hydrogen-bond donors (Lipinski definition) is 2. The predicted octanol–water partition coefficient (Wildman–Crippen LogP) is 2.73. The third-order valence-electron chi connectivity index (χ3n) is 5.51. The lowest BCUT2D eigenvalue weighted by molar-refractivity contribution is 0.122. The van der Waals surface area contributed by atoms with Crippen molar-refractivity contribution in [3.05, 3.63) is 72.2 Å². The molecule has 2 aromatic carbocycles. The number of aliphatic hydroxyl groups excluding tert-OH is 1. The van der Waals surface area contributed by atoms with Crippen molar-refractivity contribution in [2.75, 3.05) is 36.9 Å². The average Bonchev–Trinajstić information content (AvgIpc) is 2.84. The minimum Gasteiger partial charge on any atom is -0.382 e. The van der Waals surface area contributed by atoms with Crippen LogP contribution in [0.15, 0.2) is 55.1 Å². The molecule has 0 amide bonds. The maximum absolute atomic E-state index is 14.9. The predicted molar refractivity (Wildman–Crippen MR) is 118 cm³/mol. The number of morpholine rings is 1. The van der Waals surface area contributed by atoms with Gasteiger partial charge in [0.1, 0.15) is 24.1 Å². The number of aliphatic hydroxyl groups is 1. The first-order chi connectivity index (χ1) is 15.6. The SMILES string of the molecule is Nc1cncc(C(O)c2ccc(F)c(-c3ncnc4cc(N5CCOCC5)ccc34)c2)n1. The van der Waals surface area contributed by atoms with Gasteiger partial charge in [-0.2, -0.15) is 0 Å². The highest BCUT2D eigenvalue weighted by molar-refractivity contribution is 5.94. The summed E-state index contributed by atoms with van der Waals surface area (Å²) in [5.41, 5.74) is 8.89. The fourth-order valence-corrected chi connectivity index (χ4v) is 3.87. The molecule has 0 bridgehead atoms. The lowest BCUT2D eigenvalue weighted by Crippen LogP contribution is -2.36. The number of ether oxygens (including phenoxy) is 1. The molecule has 0 saturated carbocycles. The van der Waals surface area contributed by atoms with Crippen LogP contribution in [0.3, 0.4) is 0 Å². The van der Waals surface area contributed by atoms with E-state index in [1.165, 1.54) is 30.9 Å². The summed E-state index contributed by atoms with van der Waals surface area (Å²) in [4.78, 5) is 19.1.